The zero-order valence-corrected chi connectivity index (χ0v) is 11.8. The first-order valence-corrected chi connectivity index (χ1v) is 5.94. The van der Waals surface area contributed by atoms with E-state index in [4.69, 9.17) is 10.5 Å². The van der Waals surface area contributed by atoms with Gasteiger partial charge in [0, 0.05) is 6.42 Å². The van der Waals surface area contributed by atoms with Gasteiger partial charge in [-0.3, -0.25) is 9.59 Å². The zero-order valence-electron chi connectivity index (χ0n) is 11.8. The number of carbonyl (C=O) groups excluding carboxylic acids is 2. The molecule has 0 heterocycles. The molecule has 0 aromatic carbocycles. The molecule has 0 spiro atoms. The molecular formula is C12H26N2O3. The van der Waals surface area contributed by atoms with E-state index in [9.17, 15) is 9.59 Å². The molecule has 0 fully saturated rings. The van der Waals surface area contributed by atoms with Crippen LogP contribution in [0.5, 0.6) is 0 Å². The molecule has 0 saturated carbocycles. The maximum atomic E-state index is 11.3. The lowest BCUT2D eigenvalue weighted by molar-refractivity contribution is -0.155. The third-order valence-electron chi connectivity index (χ3n) is 1.75. The molecule has 0 bridgehead atoms. The van der Waals surface area contributed by atoms with E-state index in [1.54, 1.807) is 27.8 Å². The first-order valence-electron chi connectivity index (χ1n) is 5.94. The molecule has 0 aromatic rings. The average molecular weight is 246 g/mol. The van der Waals surface area contributed by atoms with Crippen molar-refractivity contribution in [3.63, 3.8) is 0 Å². The fourth-order valence-corrected chi connectivity index (χ4v) is 1.08. The smallest absolute Gasteiger partial charge is 0.306 e. The van der Waals surface area contributed by atoms with Crippen molar-refractivity contribution in [3.05, 3.63) is 0 Å². The summed E-state index contributed by atoms with van der Waals surface area (Å²) in [7, 11) is 1.63. The molecule has 0 saturated heterocycles. The van der Waals surface area contributed by atoms with Gasteiger partial charge in [-0.1, -0.05) is 13.8 Å². The third-order valence-corrected chi connectivity index (χ3v) is 1.75. The lowest BCUT2D eigenvalue weighted by Gasteiger charge is -2.20. The lowest BCUT2D eigenvalue weighted by atomic mass is 10.1. The standard InChI is InChI=1S/C10H20N2O3.C2H6/c1-10(2,3)15-8(13)6-5-7(12-4)9(11)14;1-2/h7,12H,5-6H2,1-4H3,(H2,11,14);1-2H3/t7-;/m0./s1. The van der Waals surface area contributed by atoms with Crippen LogP contribution in [-0.2, 0) is 14.3 Å². The SMILES string of the molecule is CC.CN[C@@H](CCC(=O)OC(C)(C)C)C(N)=O. The number of esters is 1. The molecule has 0 unspecified atom stereocenters. The minimum atomic E-state index is -0.487. The van der Waals surface area contributed by atoms with Crippen LogP contribution in [0.2, 0.25) is 0 Å². The van der Waals surface area contributed by atoms with Gasteiger partial charge in [0.25, 0.3) is 0 Å². The number of nitrogens with one attached hydrogen (secondary N) is 1. The van der Waals surface area contributed by atoms with Crippen molar-refractivity contribution in [2.24, 2.45) is 5.73 Å². The van der Waals surface area contributed by atoms with Gasteiger partial charge in [-0.05, 0) is 34.2 Å². The molecule has 1 amide bonds. The van der Waals surface area contributed by atoms with Crippen molar-refractivity contribution in [2.45, 2.75) is 59.1 Å². The summed E-state index contributed by atoms with van der Waals surface area (Å²) in [6.07, 6.45) is 0.548. The molecule has 0 aliphatic carbocycles. The van der Waals surface area contributed by atoms with Crippen LogP contribution in [0.1, 0.15) is 47.5 Å². The van der Waals surface area contributed by atoms with Crippen molar-refractivity contribution < 1.29 is 14.3 Å². The van der Waals surface area contributed by atoms with E-state index >= 15 is 0 Å². The van der Waals surface area contributed by atoms with Crippen molar-refractivity contribution >= 4 is 11.9 Å². The van der Waals surface area contributed by atoms with E-state index in [1.807, 2.05) is 13.8 Å². The van der Waals surface area contributed by atoms with Gasteiger partial charge in [0.05, 0.1) is 6.04 Å². The fraction of sp³-hybridized carbons (Fsp3) is 0.833. The van der Waals surface area contributed by atoms with E-state index in [0.717, 1.165) is 0 Å². The minimum Gasteiger partial charge on any atom is -0.460 e. The second kappa shape index (κ2) is 8.98. The largest absolute Gasteiger partial charge is 0.460 e. The van der Waals surface area contributed by atoms with Crippen LogP contribution in [0.25, 0.3) is 0 Å². The highest BCUT2D eigenvalue weighted by atomic mass is 16.6. The van der Waals surface area contributed by atoms with Gasteiger partial charge in [0.1, 0.15) is 5.60 Å². The Labute approximate surface area is 104 Å². The highest BCUT2D eigenvalue weighted by molar-refractivity contribution is 5.80. The maximum Gasteiger partial charge on any atom is 0.306 e. The molecule has 1 atom stereocenters. The van der Waals surface area contributed by atoms with Crippen molar-refractivity contribution in [3.8, 4) is 0 Å². The monoisotopic (exact) mass is 246 g/mol. The molecule has 0 rings (SSSR count). The summed E-state index contributed by atoms with van der Waals surface area (Å²) in [6.45, 7) is 9.40. The summed E-state index contributed by atoms with van der Waals surface area (Å²) in [5.41, 5.74) is 4.62. The van der Waals surface area contributed by atoms with Gasteiger partial charge < -0.3 is 15.8 Å². The van der Waals surface area contributed by atoms with Gasteiger partial charge in [-0.2, -0.15) is 0 Å². The second-order valence-electron chi connectivity index (χ2n) is 4.37. The average Bonchev–Trinajstić information content (AvgIpc) is 2.18. The molecular weight excluding hydrogens is 220 g/mol. The number of hydrogen-bond donors (Lipinski definition) is 2. The van der Waals surface area contributed by atoms with E-state index in [1.165, 1.54) is 0 Å². The number of nitrogens with two attached hydrogens (primary N) is 1. The highest BCUT2D eigenvalue weighted by Gasteiger charge is 2.19. The third kappa shape index (κ3) is 11.2. The topological polar surface area (TPSA) is 81.4 Å². The number of primary amides is 1. The predicted octanol–water partition coefficient (Wildman–Crippen LogP) is 1.21. The molecule has 0 aromatic heterocycles. The molecule has 102 valence electrons. The number of amides is 1. The number of likely N-dealkylation sites (N-methyl/N-ethyl adjacent to an activating group) is 1. The van der Waals surface area contributed by atoms with Crippen LogP contribution in [0.4, 0.5) is 0 Å². The van der Waals surface area contributed by atoms with Crippen LogP contribution < -0.4 is 11.1 Å². The molecule has 0 radical (unpaired) electrons. The van der Waals surface area contributed by atoms with Crippen LogP contribution in [0.3, 0.4) is 0 Å². The highest BCUT2D eigenvalue weighted by Crippen LogP contribution is 2.09. The first kappa shape index (κ1) is 18.3. The van der Waals surface area contributed by atoms with Crippen LogP contribution in [0, 0.1) is 0 Å². The van der Waals surface area contributed by atoms with Gasteiger partial charge in [-0.25, -0.2) is 0 Å². The van der Waals surface area contributed by atoms with E-state index < -0.39 is 17.6 Å². The Hall–Kier alpha value is -1.10. The Kier molecular flexibility index (Phi) is 9.66. The van der Waals surface area contributed by atoms with Gasteiger partial charge in [0.2, 0.25) is 5.91 Å². The summed E-state index contributed by atoms with van der Waals surface area (Å²) in [6, 6.07) is -0.475. The Morgan fingerprint density at radius 2 is 1.76 bits per heavy atom. The number of hydrogen-bond acceptors (Lipinski definition) is 4. The Morgan fingerprint density at radius 1 is 1.29 bits per heavy atom. The summed E-state index contributed by atoms with van der Waals surface area (Å²) in [4.78, 5) is 22.1. The quantitative estimate of drug-likeness (QED) is 0.714. The van der Waals surface area contributed by atoms with Crippen molar-refractivity contribution in [1.82, 2.24) is 5.32 Å². The Balaban J connectivity index is 0. The molecule has 3 N–H and O–H groups in total. The Morgan fingerprint density at radius 3 is 2.06 bits per heavy atom. The van der Waals surface area contributed by atoms with E-state index in [0.29, 0.717) is 6.42 Å². The molecule has 0 aliphatic heterocycles. The Bertz CT molecular complexity index is 234. The van der Waals surface area contributed by atoms with Crippen molar-refractivity contribution in [1.29, 1.82) is 0 Å². The number of ether oxygens (including phenoxy) is 1. The molecule has 0 aliphatic rings. The van der Waals surface area contributed by atoms with Crippen LogP contribution in [-0.4, -0.2) is 30.6 Å². The number of carbonyl (C=O) groups is 2. The van der Waals surface area contributed by atoms with Crippen molar-refractivity contribution in [2.75, 3.05) is 7.05 Å². The molecule has 5 nitrogen and oxygen atoms in total. The maximum absolute atomic E-state index is 11.3. The van der Waals surface area contributed by atoms with E-state index in [-0.39, 0.29) is 12.4 Å². The lowest BCUT2D eigenvalue weighted by Crippen LogP contribution is -2.39. The summed E-state index contributed by atoms with van der Waals surface area (Å²) in [5.74, 6) is -0.773. The summed E-state index contributed by atoms with van der Waals surface area (Å²) in [5, 5.41) is 2.74. The summed E-state index contributed by atoms with van der Waals surface area (Å²) < 4.78 is 5.09. The molecule has 5 heteroatoms. The minimum absolute atomic E-state index is 0.186. The van der Waals surface area contributed by atoms with Crippen LogP contribution >= 0.6 is 0 Å². The second-order valence-corrected chi connectivity index (χ2v) is 4.37. The number of rotatable bonds is 5. The normalized spacial score (nSPS) is 12.1. The zero-order chi connectivity index (χ0) is 14.1. The van der Waals surface area contributed by atoms with Gasteiger partial charge >= 0.3 is 5.97 Å². The van der Waals surface area contributed by atoms with E-state index in [2.05, 4.69) is 5.32 Å². The van der Waals surface area contributed by atoms with Gasteiger partial charge in [-0.15, -0.1) is 0 Å². The van der Waals surface area contributed by atoms with Crippen LogP contribution in [0.15, 0.2) is 0 Å². The first-order chi connectivity index (χ1) is 7.76. The van der Waals surface area contributed by atoms with Gasteiger partial charge in [0.15, 0.2) is 0 Å². The fourth-order valence-electron chi connectivity index (χ4n) is 1.08. The molecule has 17 heavy (non-hydrogen) atoms. The predicted molar refractivity (Wildman–Crippen MR) is 68.5 cm³/mol. The summed E-state index contributed by atoms with van der Waals surface area (Å²) >= 11 is 0.